The second-order valence-electron chi connectivity index (χ2n) is 10.1. The molecule has 3 aliphatic rings. The van der Waals surface area contributed by atoms with E-state index in [0.29, 0.717) is 43.0 Å². The average Bonchev–Trinajstić information content (AvgIpc) is 3.31. The molecular weight excluding hydrogens is 460 g/mol. The Hall–Kier alpha value is -1.19. The van der Waals surface area contributed by atoms with Gasteiger partial charge in [0.1, 0.15) is 0 Å². The third kappa shape index (κ3) is 5.90. The SMILES string of the molecule is C[C@@H]1C[C@@H](C)CN(S(=O)(=O)c2ccc(Cl)c(C(=O)N3CCN(CCN4CCCC4)CC3)c2)C1. The zero-order valence-corrected chi connectivity index (χ0v) is 21.5. The van der Waals surface area contributed by atoms with Crippen LogP contribution in [0.1, 0.15) is 43.5 Å². The quantitative estimate of drug-likeness (QED) is 0.606. The fourth-order valence-corrected chi connectivity index (χ4v) is 7.32. The molecule has 33 heavy (non-hydrogen) atoms. The highest BCUT2D eigenvalue weighted by atomic mass is 35.5. The molecule has 9 heteroatoms. The Labute approximate surface area is 203 Å². The summed E-state index contributed by atoms with van der Waals surface area (Å²) in [5, 5.41) is 0.302. The van der Waals surface area contributed by atoms with E-state index in [0.717, 1.165) is 32.6 Å². The Kier molecular flexibility index (Phi) is 8.01. The van der Waals surface area contributed by atoms with Crippen LogP contribution in [0.2, 0.25) is 5.02 Å². The van der Waals surface area contributed by atoms with Gasteiger partial charge in [0.15, 0.2) is 0 Å². The van der Waals surface area contributed by atoms with Crippen molar-refractivity contribution in [2.24, 2.45) is 11.8 Å². The molecule has 0 aromatic heterocycles. The molecule has 2 atom stereocenters. The van der Waals surface area contributed by atoms with Crippen LogP contribution in [-0.4, -0.2) is 98.8 Å². The van der Waals surface area contributed by atoms with Crippen molar-refractivity contribution >= 4 is 27.5 Å². The number of carbonyl (C=O) groups excluding carboxylic acids is 1. The van der Waals surface area contributed by atoms with Crippen LogP contribution in [0.15, 0.2) is 23.1 Å². The van der Waals surface area contributed by atoms with Crippen molar-refractivity contribution in [2.45, 2.75) is 38.0 Å². The highest BCUT2D eigenvalue weighted by Crippen LogP contribution is 2.29. The number of piperidine rings is 1. The van der Waals surface area contributed by atoms with Crippen LogP contribution >= 0.6 is 11.6 Å². The lowest BCUT2D eigenvalue weighted by molar-refractivity contribution is 0.0626. The number of rotatable bonds is 6. The fraction of sp³-hybridized carbons (Fsp3) is 0.708. The average molecular weight is 497 g/mol. The van der Waals surface area contributed by atoms with Gasteiger partial charge in [0.2, 0.25) is 10.0 Å². The molecule has 0 N–H and O–H groups in total. The van der Waals surface area contributed by atoms with Crippen LogP contribution < -0.4 is 0 Å². The van der Waals surface area contributed by atoms with Crippen molar-refractivity contribution in [3.63, 3.8) is 0 Å². The topological polar surface area (TPSA) is 64.2 Å². The maximum Gasteiger partial charge on any atom is 0.255 e. The van der Waals surface area contributed by atoms with Crippen molar-refractivity contribution in [3.05, 3.63) is 28.8 Å². The van der Waals surface area contributed by atoms with E-state index in [9.17, 15) is 13.2 Å². The Balaban J connectivity index is 1.40. The first-order chi connectivity index (χ1) is 15.7. The highest BCUT2D eigenvalue weighted by Gasteiger charge is 2.33. The van der Waals surface area contributed by atoms with E-state index in [1.807, 2.05) is 0 Å². The third-order valence-electron chi connectivity index (χ3n) is 7.23. The molecule has 3 aliphatic heterocycles. The number of halogens is 1. The lowest BCUT2D eigenvalue weighted by Crippen LogP contribution is -2.50. The van der Waals surface area contributed by atoms with Gasteiger partial charge in [-0.05, 0) is 62.4 Å². The summed E-state index contributed by atoms with van der Waals surface area (Å²) in [6.45, 7) is 12.6. The number of benzene rings is 1. The lowest BCUT2D eigenvalue weighted by Gasteiger charge is -2.36. The minimum Gasteiger partial charge on any atom is -0.336 e. The van der Waals surface area contributed by atoms with Gasteiger partial charge in [-0.3, -0.25) is 9.69 Å². The first kappa shape index (κ1) is 24.9. The Morgan fingerprint density at radius 3 is 2.12 bits per heavy atom. The first-order valence-corrected chi connectivity index (χ1v) is 14.1. The van der Waals surface area contributed by atoms with E-state index in [2.05, 4.69) is 23.6 Å². The van der Waals surface area contributed by atoms with Crippen molar-refractivity contribution in [1.29, 1.82) is 0 Å². The second kappa shape index (κ2) is 10.6. The predicted octanol–water partition coefficient (Wildman–Crippen LogP) is 2.86. The summed E-state index contributed by atoms with van der Waals surface area (Å²) in [6.07, 6.45) is 3.63. The maximum atomic E-state index is 13.3. The fourth-order valence-electron chi connectivity index (χ4n) is 5.41. The molecule has 0 radical (unpaired) electrons. The van der Waals surface area contributed by atoms with Gasteiger partial charge in [-0.1, -0.05) is 25.4 Å². The van der Waals surface area contributed by atoms with Gasteiger partial charge in [0.25, 0.3) is 5.91 Å². The summed E-state index contributed by atoms with van der Waals surface area (Å²) >= 11 is 6.37. The Bertz CT molecular complexity index is 933. The molecule has 7 nitrogen and oxygen atoms in total. The summed E-state index contributed by atoms with van der Waals surface area (Å²) in [4.78, 5) is 20.1. The van der Waals surface area contributed by atoms with Gasteiger partial charge >= 0.3 is 0 Å². The molecule has 184 valence electrons. The van der Waals surface area contributed by atoms with E-state index in [-0.39, 0.29) is 16.4 Å². The summed E-state index contributed by atoms with van der Waals surface area (Å²) < 4.78 is 28.2. The van der Waals surface area contributed by atoms with Crippen LogP contribution in [0.3, 0.4) is 0 Å². The molecular formula is C24H37ClN4O3S. The minimum absolute atomic E-state index is 0.154. The highest BCUT2D eigenvalue weighted by molar-refractivity contribution is 7.89. The number of likely N-dealkylation sites (tertiary alicyclic amines) is 1. The van der Waals surface area contributed by atoms with Gasteiger partial charge in [-0.25, -0.2) is 8.42 Å². The minimum atomic E-state index is -3.66. The lowest BCUT2D eigenvalue weighted by atomic mass is 9.94. The van der Waals surface area contributed by atoms with E-state index >= 15 is 0 Å². The third-order valence-corrected chi connectivity index (χ3v) is 9.39. The van der Waals surface area contributed by atoms with Gasteiger partial charge in [-0.15, -0.1) is 0 Å². The van der Waals surface area contributed by atoms with Gasteiger partial charge in [0.05, 0.1) is 15.5 Å². The largest absolute Gasteiger partial charge is 0.336 e. The molecule has 0 saturated carbocycles. The van der Waals surface area contributed by atoms with Crippen LogP contribution in [0.5, 0.6) is 0 Å². The van der Waals surface area contributed by atoms with E-state index < -0.39 is 10.0 Å². The molecule has 3 fully saturated rings. The molecule has 3 heterocycles. The molecule has 1 amide bonds. The number of sulfonamides is 1. The zero-order valence-electron chi connectivity index (χ0n) is 19.9. The molecule has 0 spiro atoms. The second-order valence-corrected chi connectivity index (χ2v) is 12.4. The number of hydrogen-bond donors (Lipinski definition) is 0. The van der Waals surface area contributed by atoms with Crippen molar-refractivity contribution in [3.8, 4) is 0 Å². The van der Waals surface area contributed by atoms with Gasteiger partial charge < -0.3 is 9.80 Å². The van der Waals surface area contributed by atoms with E-state index in [4.69, 9.17) is 11.6 Å². The number of nitrogens with zero attached hydrogens (tertiary/aromatic N) is 4. The van der Waals surface area contributed by atoms with Crippen LogP contribution in [0.4, 0.5) is 0 Å². The summed E-state index contributed by atoms with van der Waals surface area (Å²) in [5.41, 5.74) is 0.279. The molecule has 1 aromatic rings. The monoisotopic (exact) mass is 496 g/mol. The number of amides is 1. The van der Waals surface area contributed by atoms with Crippen LogP contribution in [0.25, 0.3) is 0 Å². The van der Waals surface area contributed by atoms with Gasteiger partial charge in [-0.2, -0.15) is 4.31 Å². The zero-order chi connectivity index (χ0) is 23.6. The normalized spacial score (nSPS) is 26.1. The van der Waals surface area contributed by atoms with Crippen molar-refractivity contribution < 1.29 is 13.2 Å². The van der Waals surface area contributed by atoms with E-state index in [1.165, 1.54) is 38.1 Å². The number of piperazine rings is 1. The Morgan fingerprint density at radius 2 is 1.52 bits per heavy atom. The predicted molar refractivity (Wildman–Crippen MR) is 131 cm³/mol. The van der Waals surface area contributed by atoms with Crippen molar-refractivity contribution in [1.82, 2.24) is 19.0 Å². The van der Waals surface area contributed by atoms with Crippen molar-refractivity contribution in [2.75, 3.05) is 65.4 Å². The number of hydrogen-bond acceptors (Lipinski definition) is 5. The van der Waals surface area contributed by atoms with E-state index in [1.54, 1.807) is 15.3 Å². The standard InChI is InChI=1S/C24H37ClN4O3S/c1-19-15-20(2)18-29(17-19)33(31,32)21-5-6-23(25)22(16-21)24(30)28-13-11-27(12-14-28)10-9-26-7-3-4-8-26/h5-6,16,19-20H,3-4,7-15,17-18H2,1-2H3/t19-,20-/m1/s1. The molecule has 0 unspecified atom stereocenters. The number of carbonyl (C=O) groups is 1. The van der Waals surface area contributed by atoms with Crippen LogP contribution in [-0.2, 0) is 10.0 Å². The summed E-state index contributed by atoms with van der Waals surface area (Å²) in [5.74, 6) is 0.453. The maximum absolute atomic E-state index is 13.3. The summed E-state index contributed by atoms with van der Waals surface area (Å²) in [6, 6.07) is 4.54. The summed E-state index contributed by atoms with van der Waals surface area (Å²) in [7, 11) is -3.66. The molecule has 1 aromatic carbocycles. The molecule has 0 bridgehead atoms. The molecule has 0 aliphatic carbocycles. The van der Waals surface area contributed by atoms with Crippen LogP contribution in [0, 0.1) is 11.8 Å². The molecule has 3 saturated heterocycles. The Morgan fingerprint density at radius 1 is 0.939 bits per heavy atom. The first-order valence-electron chi connectivity index (χ1n) is 12.3. The van der Waals surface area contributed by atoms with Gasteiger partial charge in [0, 0.05) is 52.4 Å². The molecule has 4 rings (SSSR count). The smallest absolute Gasteiger partial charge is 0.255 e.